The monoisotopic (exact) mass is 462 g/mol. The molecular weight excluding hydrogens is 424 g/mol. The summed E-state index contributed by atoms with van der Waals surface area (Å²) in [6, 6.07) is 3.11. The summed E-state index contributed by atoms with van der Waals surface area (Å²) < 4.78 is 11.6. The molecular formula is C24H38N2O5Si. The van der Waals surface area contributed by atoms with Gasteiger partial charge in [0.15, 0.2) is 8.32 Å². The highest BCUT2D eigenvalue weighted by molar-refractivity contribution is 6.74. The van der Waals surface area contributed by atoms with Crippen molar-refractivity contribution < 1.29 is 23.9 Å². The van der Waals surface area contributed by atoms with Crippen LogP contribution >= 0.6 is 0 Å². The van der Waals surface area contributed by atoms with Gasteiger partial charge in [0.25, 0.3) is 5.91 Å². The van der Waals surface area contributed by atoms with E-state index in [1.165, 1.54) is 6.08 Å². The maximum atomic E-state index is 13.6. The number of likely N-dealkylation sites (tertiary alicyclic amines) is 1. The van der Waals surface area contributed by atoms with Gasteiger partial charge in [-0.3, -0.25) is 10.1 Å². The second-order valence-electron chi connectivity index (χ2n) is 9.95. The van der Waals surface area contributed by atoms with Crippen molar-refractivity contribution in [1.82, 2.24) is 4.90 Å². The van der Waals surface area contributed by atoms with Crippen molar-refractivity contribution in [3.8, 4) is 0 Å². The Bertz CT molecular complexity index is 863. The van der Waals surface area contributed by atoms with E-state index in [9.17, 15) is 14.7 Å². The minimum Gasteiger partial charge on any atom is -0.445 e. The van der Waals surface area contributed by atoms with Crippen LogP contribution in [0.2, 0.25) is 18.1 Å². The minimum absolute atomic E-state index is 0.0292. The van der Waals surface area contributed by atoms with Gasteiger partial charge >= 0.3 is 6.09 Å². The molecule has 32 heavy (non-hydrogen) atoms. The van der Waals surface area contributed by atoms with E-state index in [-0.39, 0.29) is 30.3 Å². The molecule has 1 fully saturated rings. The van der Waals surface area contributed by atoms with Crippen LogP contribution in [0, 0.1) is 13.8 Å². The fraction of sp³-hybridized carbons (Fsp3) is 0.583. The van der Waals surface area contributed by atoms with E-state index in [0.29, 0.717) is 24.2 Å². The average Bonchev–Trinajstić information content (AvgIpc) is 3.09. The maximum absolute atomic E-state index is 13.6. The number of aliphatic hydroxyl groups is 1. The van der Waals surface area contributed by atoms with Gasteiger partial charge in [0.2, 0.25) is 0 Å². The summed E-state index contributed by atoms with van der Waals surface area (Å²) in [6.45, 7) is 18.6. The zero-order valence-corrected chi connectivity index (χ0v) is 21.4. The van der Waals surface area contributed by atoms with Crippen LogP contribution in [-0.4, -0.2) is 62.2 Å². The van der Waals surface area contributed by atoms with Gasteiger partial charge in [0.05, 0.1) is 30.0 Å². The molecule has 1 aliphatic rings. The number of nitrogens with one attached hydrogen (secondary N) is 1. The molecule has 0 bridgehead atoms. The summed E-state index contributed by atoms with van der Waals surface area (Å²) in [5, 5.41) is 12.9. The van der Waals surface area contributed by atoms with Crippen LogP contribution in [0.15, 0.2) is 24.8 Å². The second-order valence-corrected chi connectivity index (χ2v) is 14.7. The number of carbonyl (C=O) groups excluding carboxylic acids is 2. The highest BCUT2D eigenvalue weighted by Gasteiger charge is 2.45. The third kappa shape index (κ3) is 5.79. The largest absolute Gasteiger partial charge is 0.445 e. The number of anilines is 1. The summed E-state index contributed by atoms with van der Waals surface area (Å²) >= 11 is 0. The molecule has 0 spiro atoms. The van der Waals surface area contributed by atoms with Gasteiger partial charge in [-0.15, -0.1) is 0 Å². The first kappa shape index (κ1) is 26.1. The molecule has 2 rings (SSSR count). The van der Waals surface area contributed by atoms with Crippen molar-refractivity contribution in [3.05, 3.63) is 41.5 Å². The standard InChI is InChI=1S/C24H38N2O5Si/c1-9-12-30-23(29)25-19-14-17(3)16(2)13-18(19)22(28)26-11-10-21(20(26)15-27)31-32(7,8)24(4,5)6/h9,13-14,20-21,27H,1,10-12,15H2,2-8H3,(H,25,29)/t20-,21+/m1/s1. The molecule has 0 aliphatic carbocycles. The quantitative estimate of drug-likeness (QED) is 0.455. The molecule has 8 heteroatoms. The van der Waals surface area contributed by atoms with Crippen molar-refractivity contribution in [2.45, 2.75) is 71.3 Å². The number of hydrogen-bond acceptors (Lipinski definition) is 5. The number of carbonyl (C=O) groups is 2. The topological polar surface area (TPSA) is 88.1 Å². The molecule has 2 amide bonds. The van der Waals surface area contributed by atoms with Crippen LogP contribution in [0.1, 0.15) is 48.7 Å². The Morgan fingerprint density at radius 3 is 2.47 bits per heavy atom. The molecule has 1 saturated heterocycles. The van der Waals surface area contributed by atoms with E-state index in [1.807, 2.05) is 13.8 Å². The van der Waals surface area contributed by atoms with Gasteiger partial charge in [-0.05, 0) is 61.7 Å². The Morgan fingerprint density at radius 2 is 1.91 bits per heavy atom. The third-order valence-electron chi connectivity index (χ3n) is 6.62. The highest BCUT2D eigenvalue weighted by atomic mass is 28.4. The van der Waals surface area contributed by atoms with Gasteiger partial charge < -0.3 is 19.2 Å². The molecule has 2 N–H and O–H groups in total. The first-order chi connectivity index (χ1) is 14.8. The Labute approximate surface area is 192 Å². The Balaban J connectivity index is 2.31. The molecule has 1 heterocycles. The number of aryl methyl sites for hydroxylation is 2. The molecule has 0 unspecified atom stereocenters. The van der Waals surface area contributed by atoms with E-state index >= 15 is 0 Å². The smallest absolute Gasteiger partial charge is 0.411 e. The lowest BCUT2D eigenvalue weighted by Gasteiger charge is -2.40. The lowest BCUT2D eigenvalue weighted by atomic mass is 10.0. The van der Waals surface area contributed by atoms with E-state index in [2.05, 4.69) is 45.8 Å². The first-order valence-electron chi connectivity index (χ1n) is 11.1. The number of amides is 2. The number of nitrogens with zero attached hydrogens (tertiary/aromatic N) is 1. The minimum atomic E-state index is -2.06. The van der Waals surface area contributed by atoms with Crippen molar-refractivity contribution in [1.29, 1.82) is 0 Å². The summed E-state index contributed by atoms with van der Waals surface area (Å²) in [5.74, 6) is -0.243. The SMILES string of the molecule is C=CCOC(=O)Nc1cc(C)c(C)cc1C(=O)N1CC[C@H](O[Si](C)(C)C(C)(C)C)[C@H]1CO. The van der Waals surface area contributed by atoms with Gasteiger partial charge in [0, 0.05) is 6.54 Å². The molecule has 1 aliphatic heterocycles. The molecule has 2 atom stereocenters. The third-order valence-corrected chi connectivity index (χ3v) is 11.1. The predicted molar refractivity (Wildman–Crippen MR) is 130 cm³/mol. The number of ether oxygens (including phenoxy) is 1. The van der Waals surface area contributed by atoms with Crippen LogP contribution in [0.25, 0.3) is 0 Å². The lowest BCUT2D eigenvalue weighted by Crippen LogP contribution is -2.49. The normalized spacial score (nSPS) is 19.1. The lowest BCUT2D eigenvalue weighted by molar-refractivity contribution is 0.0519. The Morgan fingerprint density at radius 1 is 1.28 bits per heavy atom. The average molecular weight is 463 g/mol. The second kappa shape index (κ2) is 10.2. The van der Waals surface area contributed by atoms with E-state index < -0.39 is 20.5 Å². The molecule has 178 valence electrons. The first-order valence-corrected chi connectivity index (χ1v) is 14.0. The molecule has 1 aromatic carbocycles. The van der Waals surface area contributed by atoms with Crippen LogP contribution < -0.4 is 5.32 Å². The van der Waals surface area contributed by atoms with E-state index in [4.69, 9.17) is 9.16 Å². The number of aliphatic hydroxyl groups excluding tert-OH is 1. The zero-order valence-electron chi connectivity index (χ0n) is 20.4. The maximum Gasteiger partial charge on any atom is 0.411 e. The fourth-order valence-corrected chi connectivity index (χ4v) is 4.90. The van der Waals surface area contributed by atoms with E-state index in [1.54, 1.807) is 17.0 Å². The summed E-state index contributed by atoms with van der Waals surface area (Å²) in [5.41, 5.74) is 2.64. The molecule has 1 aromatic rings. The molecule has 0 aromatic heterocycles. The van der Waals surface area contributed by atoms with E-state index in [0.717, 1.165) is 11.1 Å². The Kier molecular flexibility index (Phi) is 8.31. The van der Waals surface area contributed by atoms with Crippen LogP contribution in [-0.2, 0) is 9.16 Å². The van der Waals surface area contributed by atoms with Crippen molar-refractivity contribution >= 4 is 26.0 Å². The van der Waals surface area contributed by atoms with Crippen LogP contribution in [0.5, 0.6) is 0 Å². The summed E-state index contributed by atoms with van der Waals surface area (Å²) in [4.78, 5) is 27.4. The number of benzene rings is 1. The van der Waals surface area contributed by atoms with Crippen LogP contribution in [0.3, 0.4) is 0 Å². The molecule has 0 saturated carbocycles. The summed E-state index contributed by atoms with van der Waals surface area (Å²) in [7, 11) is -2.06. The molecule has 0 radical (unpaired) electrons. The highest BCUT2D eigenvalue weighted by Crippen LogP contribution is 2.39. The fourth-order valence-electron chi connectivity index (χ4n) is 3.52. The van der Waals surface area contributed by atoms with Gasteiger partial charge in [-0.1, -0.05) is 33.4 Å². The van der Waals surface area contributed by atoms with Gasteiger partial charge in [-0.2, -0.15) is 0 Å². The van der Waals surface area contributed by atoms with Crippen molar-refractivity contribution in [3.63, 3.8) is 0 Å². The van der Waals surface area contributed by atoms with Gasteiger partial charge in [0.1, 0.15) is 6.61 Å². The molecule has 7 nitrogen and oxygen atoms in total. The van der Waals surface area contributed by atoms with Crippen molar-refractivity contribution in [2.24, 2.45) is 0 Å². The number of rotatable bonds is 7. The van der Waals surface area contributed by atoms with Crippen molar-refractivity contribution in [2.75, 3.05) is 25.1 Å². The summed E-state index contributed by atoms with van der Waals surface area (Å²) in [6.07, 6.45) is 1.27. The van der Waals surface area contributed by atoms with Gasteiger partial charge in [-0.25, -0.2) is 4.79 Å². The Hall–Kier alpha value is -2.16. The zero-order chi connectivity index (χ0) is 24.3. The van der Waals surface area contributed by atoms with Crippen LogP contribution in [0.4, 0.5) is 10.5 Å². The predicted octanol–water partition coefficient (Wildman–Crippen LogP) is 4.64. The number of hydrogen-bond donors (Lipinski definition) is 2.